The predicted molar refractivity (Wildman–Crippen MR) is 42.3 cm³/mol. The summed E-state index contributed by atoms with van der Waals surface area (Å²) in [5, 5.41) is 0. The first-order chi connectivity index (χ1) is 4.93. The van der Waals surface area contributed by atoms with E-state index in [2.05, 4.69) is 6.08 Å². The summed E-state index contributed by atoms with van der Waals surface area (Å²) in [6.07, 6.45) is 3.15. The molecule has 0 aromatic heterocycles. The van der Waals surface area contributed by atoms with Gasteiger partial charge < -0.3 is 9.39 Å². The van der Waals surface area contributed by atoms with E-state index in [1.165, 1.54) is 5.47 Å². The summed E-state index contributed by atoms with van der Waals surface area (Å²) in [6, 6.07) is 0. The largest absolute Gasteiger partial charge is 0.435 e. The van der Waals surface area contributed by atoms with Crippen LogP contribution in [0.5, 0.6) is 0 Å². The molecule has 0 unspecified atom stereocenters. The lowest BCUT2D eigenvalue weighted by Crippen LogP contribution is -2.11. The van der Waals surface area contributed by atoms with Gasteiger partial charge in [0.2, 0.25) is 0 Å². The average molecular weight is 140 g/mol. The molecule has 10 heavy (non-hydrogen) atoms. The number of rotatable bonds is 3. The van der Waals surface area contributed by atoms with Crippen LogP contribution in [0.3, 0.4) is 0 Å². The maximum atomic E-state index is 5.25. The zero-order chi connectivity index (χ0) is 7.23. The first kappa shape index (κ1) is 7.83. The topological polar surface area (TPSA) is 18.5 Å². The molecule has 0 saturated carbocycles. The van der Waals surface area contributed by atoms with Gasteiger partial charge in [0.15, 0.2) is 0 Å². The van der Waals surface area contributed by atoms with Crippen LogP contribution in [-0.4, -0.2) is 27.3 Å². The fourth-order valence-corrected chi connectivity index (χ4v) is 0.930. The lowest BCUT2D eigenvalue weighted by molar-refractivity contribution is 0.156. The minimum atomic E-state index is 0.766. The van der Waals surface area contributed by atoms with Gasteiger partial charge in [-0.2, -0.15) is 0 Å². The smallest absolute Gasteiger partial charge is 0.304 e. The van der Waals surface area contributed by atoms with Crippen molar-refractivity contribution in [2.75, 3.05) is 19.8 Å². The maximum absolute atomic E-state index is 5.25. The van der Waals surface area contributed by atoms with Crippen LogP contribution >= 0.6 is 0 Å². The van der Waals surface area contributed by atoms with Crippen LogP contribution < -0.4 is 0 Å². The molecule has 0 amide bonds. The molecule has 1 aliphatic rings. The van der Waals surface area contributed by atoms with E-state index < -0.39 is 0 Å². The molecule has 0 spiro atoms. The molecule has 0 radical (unpaired) electrons. The predicted octanol–water partition coefficient (Wildman–Crippen LogP) is 0.679. The fraction of sp³-hybridized carbons (Fsp3) is 0.714. The highest BCUT2D eigenvalue weighted by molar-refractivity contribution is 6.37. The first-order valence-corrected chi connectivity index (χ1v) is 3.77. The molecule has 0 aromatic rings. The second kappa shape index (κ2) is 4.53. The van der Waals surface area contributed by atoms with E-state index in [-0.39, 0.29) is 0 Å². The highest BCUT2D eigenvalue weighted by Gasteiger charge is 2.04. The van der Waals surface area contributed by atoms with Gasteiger partial charge in [0.1, 0.15) is 0 Å². The SMILES string of the molecule is CCOBC1=CCOCC1. The number of ether oxygens (including phenoxy) is 1. The van der Waals surface area contributed by atoms with Gasteiger partial charge in [-0.05, 0) is 13.3 Å². The summed E-state index contributed by atoms with van der Waals surface area (Å²) in [6.45, 7) is 4.44. The van der Waals surface area contributed by atoms with Gasteiger partial charge in [0.25, 0.3) is 0 Å². The standard InChI is InChI=1S/C7H13BO2/c1-2-10-8-7-3-5-9-6-4-7/h3,8H,2,4-6H2,1H3. The maximum Gasteiger partial charge on any atom is 0.304 e. The Balaban J connectivity index is 2.18. The Morgan fingerprint density at radius 2 is 2.70 bits per heavy atom. The van der Waals surface area contributed by atoms with Gasteiger partial charge >= 0.3 is 7.48 Å². The lowest BCUT2D eigenvalue weighted by atomic mass is 9.84. The third-order valence-corrected chi connectivity index (χ3v) is 1.55. The van der Waals surface area contributed by atoms with Crippen LogP contribution in [0.15, 0.2) is 11.5 Å². The first-order valence-electron chi connectivity index (χ1n) is 3.77. The summed E-state index contributed by atoms with van der Waals surface area (Å²) < 4.78 is 10.4. The van der Waals surface area contributed by atoms with Gasteiger partial charge in [-0.1, -0.05) is 11.5 Å². The molecule has 1 aliphatic heterocycles. The van der Waals surface area contributed by atoms with Crippen molar-refractivity contribution in [3.8, 4) is 0 Å². The van der Waals surface area contributed by atoms with Gasteiger partial charge in [-0.15, -0.1) is 0 Å². The minimum absolute atomic E-state index is 0.766. The van der Waals surface area contributed by atoms with Gasteiger partial charge in [-0.25, -0.2) is 0 Å². The van der Waals surface area contributed by atoms with E-state index >= 15 is 0 Å². The van der Waals surface area contributed by atoms with Crippen LogP contribution in [0.25, 0.3) is 0 Å². The van der Waals surface area contributed by atoms with E-state index in [1.54, 1.807) is 0 Å². The summed E-state index contributed by atoms with van der Waals surface area (Å²) in [7, 11) is 0.792. The number of hydrogen-bond acceptors (Lipinski definition) is 2. The molecule has 56 valence electrons. The summed E-state index contributed by atoms with van der Waals surface area (Å²) >= 11 is 0. The van der Waals surface area contributed by atoms with Crippen molar-refractivity contribution < 1.29 is 9.39 Å². The number of hydrogen-bond donors (Lipinski definition) is 0. The second-order valence-corrected chi connectivity index (χ2v) is 2.32. The molecule has 0 atom stereocenters. The van der Waals surface area contributed by atoms with Crippen molar-refractivity contribution >= 4 is 7.48 Å². The highest BCUT2D eigenvalue weighted by atomic mass is 16.5. The zero-order valence-corrected chi connectivity index (χ0v) is 6.43. The molecular formula is C7H13BO2. The van der Waals surface area contributed by atoms with Crippen LogP contribution in [0.4, 0.5) is 0 Å². The Labute approximate surface area is 62.5 Å². The molecule has 1 rings (SSSR count). The van der Waals surface area contributed by atoms with Crippen LogP contribution in [-0.2, 0) is 9.39 Å². The molecular weight excluding hydrogens is 127 g/mol. The monoisotopic (exact) mass is 140 g/mol. The molecule has 0 aliphatic carbocycles. The van der Waals surface area contributed by atoms with Crippen molar-refractivity contribution in [3.05, 3.63) is 11.5 Å². The Morgan fingerprint density at radius 1 is 1.80 bits per heavy atom. The average Bonchev–Trinajstić information content (AvgIpc) is 2.03. The van der Waals surface area contributed by atoms with Crippen molar-refractivity contribution in [2.24, 2.45) is 0 Å². The molecule has 0 aromatic carbocycles. The zero-order valence-electron chi connectivity index (χ0n) is 6.43. The van der Waals surface area contributed by atoms with E-state index in [0.29, 0.717) is 0 Å². The third-order valence-electron chi connectivity index (χ3n) is 1.55. The van der Waals surface area contributed by atoms with Crippen molar-refractivity contribution in [1.29, 1.82) is 0 Å². The summed E-state index contributed by atoms with van der Waals surface area (Å²) in [4.78, 5) is 0. The Morgan fingerprint density at radius 3 is 3.30 bits per heavy atom. The minimum Gasteiger partial charge on any atom is -0.435 e. The summed E-state index contributed by atoms with van der Waals surface area (Å²) in [5.74, 6) is 0. The van der Waals surface area contributed by atoms with E-state index in [4.69, 9.17) is 9.39 Å². The fourth-order valence-electron chi connectivity index (χ4n) is 0.930. The van der Waals surface area contributed by atoms with Crippen LogP contribution in [0.1, 0.15) is 13.3 Å². The van der Waals surface area contributed by atoms with E-state index in [9.17, 15) is 0 Å². The van der Waals surface area contributed by atoms with Crippen LogP contribution in [0, 0.1) is 0 Å². The van der Waals surface area contributed by atoms with Crippen LogP contribution in [0.2, 0.25) is 0 Å². The van der Waals surface area contributed by atoms with Gasteiger partial charge in [-0.3, -0.25) is 0 Å². The molecule has 3 heteroatoms. The lowest BCUT2D eigenvalue weighted by Gasteiger charge is -2.11. The Bertz CT molecular complexity index is 123. The van der Waals surface area contributed by atoms with Crippen molar-refractivity contribution in [2.45, 2.75) is 13.3 Å². The van der Waals surface area contributed by atoms with Gasteiger partial charge in [0, 0.05) is 6.61 Å². The molecule has 1 heterocycles. The van der Waals surface area contributed by atoms with Gasteiger partial charge in [0.05, 0.1) is 13.2 Å². The molecule has 0 fully saturated rings. The normalized spacial score (nSPS) is 18.3. The Kier molecular flexibility index (Phi) is 3.54. The quantitative estimate of drug-likeness (QED) is 0.536. The third kappa shape index (κ3) is 2.54. The molecule has 2 nitrogen and oxygen atoms in total. The van der Waals surface area contributed by atoms with E-state index in [0.717, 1.165) is 33.7 Å². The summed E-state index contributed by atoms with van der Waals surface area (Å²) in [5.41, 5.74) is 1.38. The van der Waals surface area contributed by atoms with Crippen molar-refractivity contribution in [1.82, 2.24) is 0 Å². The molecule has 0 N–H and O–H groups in total. The van der Waals surface area contributed by atoms with Crippen molar-refractivity contribution in [3.63, 3.8) is 0 Å². The highest BCUT2D eigenvalue weighted by Crippen LogP contribution is 2.05. The second-order valence-electron chi connectivity index (χ2n) is 2.32. The molecule has 0 bridgehead atoms. The molecule has 0 saturated heterocycles. The Hall–Kier alpha value is -0.275. The van der Waals surface area contributed by atoms with E-state index in [1.807, 2.05) is 6.92 Å².